The Bertz CT molecular complexity index is 390. The van der Waals surface area contributed by atoms with Gasteiger partial charge in [0.1, 0.15) is 5.82 Å². The van der Waals surface area contributed by atoms with E-state index in [0.717, 1.165) is 30.6 Å². The first kappa shape index (κ1) is 12.4. The average molecular weight is 236 g/mol. The first-order valence-electron chi connectivity index (χ1n) is 6.38. The van der Waals surface area contributed by atoms with Crippen LogP contribution in [0.1, 0.15) is 32.3 Å². The smallest absolute Gasteiger partial charge is 0.146 e. The number of rotatable bonds is 3. The van der Waals surface area contributed by atoms with Crippen LogP contribution in [0.15, 0.2) is 18.2 Å². The molecule has 1 unspecified atom stereocenters. The molecular weight excluding hydrogens is 215 g/mol. The van der Waals surface area contributed by atoms with E-state index in [0.29, 0.717) is 18.5 Å². The number of hydrogen-bond acceptors (Lipinski definition) is 2. The number of benzene rings is 1. The van der Waals surface area contributed by atoms with Crippen molar-refractivity contribution < 1.29 is 4.39 Å². The van der Waals surface area contributed by atoms with Gasteiger partial charge >= 0.3 is 0 Å². The lowest BCUT2D eigenvalue weighted by atomic mass is 10.0. The van der Waals surface area contributed by atoms with E-state index in [-0.39, 0.29) is 5.82 Å². The molecule has 2 nitrogen and oxygen atoms in total. The van der Waals surface area contributed by atoms with Crippen LogP contribution in [0, 0.1) is 11.7 Å². The van der Waals surface area contributed by atoms with Crippen molar-refractivity contribution in [1.82, 2.24) is 0 Å². The molecule has 1 aliphatic heterocycles. The van der Waals surface area contributed by atoms with E-state index in [4.69, 9.17) is 5.73 Å². The number of nitrogens with two attached hydrogens (primary N) is 1. The molecule has 17 heavy (non-hydrogen) atoms. The second-order valence-corrected chi connectivity index (χ2v) is 5.14. The molecule has 0 spiro atoms. The Labute approximate surface area is 103 Å². The number of halogens is 1. The van der Waals surface area contributed by atoms with E-state index < -0.39 is 0 Å². The number of anilines is 1. The summed E-state index contributed by atoms with van der Waals surface area (Å²) >= 11 is 0. The molecule has 3 heteroatoms. The van der Waals surface area contributed by atoms with Crippen LogP contribution < -0.4 is 10.6 Å². The highest BCUT2D eigenvalue weighted by atomic mass is 19.1. The van der Waals surface area contributed by atoms with Crippen LogP contribution in [0.25, 0.3) is 0 Å². The molecule has 1 saturated heterocycles. The molecule has 0 aliphatic carbocycles. The van der Waals surface area contributed by atoms with Crippen molar-refractivity contribution in [2.45, 2.75) is 39.3 Å². The topological polar surface area (TPSA) is 29.3 Å². The molecule has 94 valence electrons. The van der Waals surface area contributed by atoms with E-state index in [1.807, 2.05) is 12.1 Å². The Hall–Kier alpha value is -1.09. The molecule has 1 aromatic carbocycles. The van der Waals surface area contributed by atoms with Crippen molar-refractivity contribution in [1.29, 1.82) is 0 Å². The average Bonchev–Trinajstić information content (AvgIpc) is 2.77. The summed E-state index contributed by atoms with van der Waals surface area (Å²) in [5.74, 6) is 0.423. The molecule has 1 atom stereocenters. The van der Waals surface area contributed by atoms with E-state index in [1.165, 1.54) is 0 Å². The van der Waals surface area contributed by atoms with Gasteiger partial charge < -0.3 is 10.6 Å². The lowest BCUT2D eigenvalue weighted by Crippen LogP contribution is -2.33. The fourth-order valence-corrected chi connectivity index (χ4v) is 2.70. The summed E-state index contributed by atoms with van der Waals surface area (Å²) in [5.41, 5.74) is 7.11. The first-order valence-corrected chi connectivity index (χ1v) is 6.38. The van der Waals surface area contributed by atoms with Gasteiger partial charge in [-0.2, -0.15) is 0 Å². The van der Waals surface area contributed by atoms with Gasteiger partial charge in [0, 0.05) is 19.1 Å². The van der Waals surface area contributed by atoms with Crippen LogP contribution in [-0.4, -0.2) is 12.6 Å². The van der Waals surface area contributed by atoms with Crippen LogP contribution in [0.5, 0.6) is 0 Å². The lowest BCUT2D eigenvalue weighted by Gasteiger charge is -2.30. The molecule has 0 radical (unpaired) electrons. The third kappa shape index (κ3) is 2.44. The number of hydrogen-bond donors (Lipinski definition) is 1. The van der Waals surface area contributed by atoms with Crippen molar-refractivity contribution in [2.24, 2.45) is 11.7 Å². The highest BCUT2D eigenvalue weighted by Crippen LogP contribution is 2.31. The molecular formula is C14H21FN2. The second kappa shape index (κ2) is 5.05. The maximum Gasteiger partial charge on any atom is 0.146 e. The van der Waals surface area contributed by atoms with Crippen LogP contribution in [-0.2, 0) is 6.54 Å². The van der Waals surface area contributed by atoms with Crippen LogP contribution >= 0.6 is 0 Å². The molecule has 1 fully saturated rings. The van der Waals surface area contributed by atoms with Crippen molar-refractivity contribution in [3.8, 4) is 0 Å². The minimum atomic E-state index is -0.138. The highest BCUT2D eigenvalue weighted by Gasteiger charge is 2.28. The Morgan fingerprint density at radius 2 is 2.24 bits per heavy atom. The zero-order chi connectivity index (χ0) is 12.4. The first-order chi connectivity index (χ1) is 8.13. The summed E-state index contributed by atoms with van der Waals surface area (Å²) in [4.78, 5) is 2.21. The zero-order valence-electron chi connectivity index (χ0n) is 10.6. The van der Waals surface area contributed by atoms with E-state index >= 15 is 0 Å². The van der Waals surface area contributed by atoms with Crippen molar-refractivity contribution in [3.63, 3.8) is 0 Å². The van der Waals surface area contributed by atoms with Gasteiger partial charge in [-0.15, -0.1) is 0 Å². The maximum atomic E-state index is 14.0. The van der Waals surface area contributed by atoms with E-state index in [1.54, 1.807) is 6.07 Å². The fourth-order valence-electron chi connectivity index (χ4n) is 2.70. The van der Waals surface area contributed by atoms with Gasteiger partial charge in [0.25, 0.3) is 0 Å². The predicted octanol–water partition coefficient (Wildman–Crippen LogP) is 2.91. The Morgan fingerprint density at radius 3 is 2.82 bits per heavy atom. The molecule has 0 saturated carbocycles. The molecule has 1 aliphatic rings. The zero-order valence-corrected chi connectivity index (χ0v) is 10.6. The summed E-state index contributed by atoms with van der Waals surface area (Å²) in [6.45, 7) is 5.76. The summed E-state index contributed by atoms with van der Waals surface area (Å²) in [5, 5.41) is 0. The lowest BCUT2D eigenvalue weighted by molar-refractivity contribution is 0.486. The molecule has 2 N–H and O–H groups in total. The Kier molecular flexibility index (Phi) is 3.67. The van der Waals surface area contributed by atoms with Crippen molar-refractivity contribution in [2.75, 3.05) is 11.4 Å². The van der Waals surface area contributed by atoms with Gasteiger partial charge in [-0.05, 0) is 36.5 Å². The van der Waals surface area contributed by atoms with Crippen LogP contribution in [0.2, 0.25) is 0 Å². The normalized spacial score (nSPS) is 20.3. The van der Waals surface area contributed by atoms with E-state index in [2.05, 4.69) is 18.7 Å². The fraction of sp³-hybridized carbons (Fsp3) is 0.571. The standard InChI is InChI=1S/C14H21FN2/c1-10(2)13-4-3-7-17(13)14-6-5-11(9-16)8-12(14)15/h5-6,8,10,13H,3-4,7,9,16H2,1-2H3. The third-order valence-electron chi connectivity index (χ3n) is 3.63. The predicted molar refractivity (Wildman–Crippen MR) is 69.5 cm³/mol. The second-order valence-electron chi connectivity index (χ2n) is 5.14. The van der Waals surface area contributed by atoms with Gasteiger partial charge in [-0.1, -0.05) is 19.9 Å². The summed E-state index contributed by atoms with van der Waals surface area (Å²) < 4.78 is 14.0. The molecule has 1 heterocycles. The summed E-state index contributed by atoms with van der Waals surface area (Å²) in [7, 11) is 0. The molecule has 2 rings (SSSR count). The monoisotopic (exact) mass is 236 g/mol. The van der Waals surface area contributed by atoms with Gasteiger partial charge in [-0.3, -0.25) is 0 Å². The van der Waals surface area contributed by atoms with Gasteiger partial charge in [-0.25, -0.2) is 4.39 Å². The SMILES string of the molecule is CC(C)C1CCCN1c1ccc(CN)cc1F. The van der Waals surface area contributed by atoms with Crippen LogP contribution in [0.4, 0.5) is 10.1 Å². The Morgan fingerprint density at radius 1 is 1.47 bits per heavy atom. The molecule has 1 aromatic rings. The van der Waals surface area contributed by atoms with Gasteiger partial charge in [0.15, 0.2) is 0 Å². The quantitative estimate of drug-likeness (QED) is 0.874. The Balaban J connectivity index is 2.27. The van der Waals surface area contributed by atoms with Crippen molar-refractivity contribution in [3.05, 3.63) is 29.6 Å². The molecule has 0 bridgehead atoms. The molecule has 0 aromatic heterocycles. The largest absolute Gasteiger partial charge is 0.366 e. The van der Waals surface area contributed by atoms with E-state index in [9.17, 15) is 4.39 Å². The summed E-state index contributed by atoms with van der Waals surface area (Å²) in [6.07, 6.45) is 2.32. The highest BCUT2D eigenvalue weighted by molar-refractivity contribution is 5.51. The van der Waals surface area contributed by atoms with Crippen molar-refractivity contribution >= 4 is 5.69 Å². The minimum absolute atomic E-state index is 0.138. The van der Waals surface area contributed by atoms with Crippen LogP contribution in [0.3, 0.4) is 0 Å². The van der Waals surface area contributed by atoms with Gasteiger partial charge in [0.2, 0.25) is 0 Å². The van der Waals surface area contributed by atoms with Gasteiger partial charge in [0.05, 0.1) is 5.69 Å². The summed E-state index contributed by atoms with van der Waals surface area (Å²) in [6, 6.07) is 5.82. The molecule has 0 amide bonds. The maximum absolute atomic E-state index is 14.0. The minimum Gasteiger partial charge on any atom is -0.366 e. The third-order valence-corrected chi connectivity index (χ3v) is 3.63. The number of nitrogens with zero attached hydrogens (tertiary/aromatic N) is 1.